The third kappa shape index (κ3) is 4.17. The number of hydrogen-bond acceptors (Lipinski definition) is 4. The van der Waals surface area contributed by atoms with E-state index in [0.717, 1.165) is 17.7 Å². The standard InChI is InChI=1S/C15H23FN2O2S/c1-11(17-9-12-6-7-21(19,20)10-12)14-5-4-13(16)8-15(14)18(2)3/h4-5,8,11-12,17H,6-7,9-10H2,1-3H3. The maximum Gasteiger partial charge on any atom is 0.150 e. The lowest BCUT2D eigenvalue weighted by molar-refractivity contribution is 0.476. The summed E-state index contributed by atoms with van der Waals surface area (Å²) in [5, 5.41) is 3.38. The van der Waals surface area contributed by atoms with Crippen molar-refractivity contribution in [1.29, 1.82) is 0 Å². The summed E-state index contributed by atoms with van der Waals surface area (Å²) in [5.74, 6) is 0.501. The van der Waals surface area contributed by atoms with Crippen molar-refractivity contribution in [2.75, 3.05) is 37.0 Å². The van der Waals surface area contributed by atoms with Crippen LogP contribution in [0.25, 0.3) is 0 Å². The van der Waals surface area contributed by atoms with Gasteiger partial charge in [-0.1, -0.05) is 6.07 Å². The Morgan fingerprint density at radius 1 is 1.43 bits per heavy atom. The van der Waals surface area contributed by atoms with Gasteiger partial charge in [0.25, 0.3) is 0 Å². The van der Waals surface area contributed by atoms with Gasteiger partial charge in [0.15, 0.2) is 9.84 Å². The first-order chi connectivity index (χ1) is 9.78. The molecule has 1 N–H and O–H groups in total. The molecule has 1 fully saturated rings. The maximum absolute atomic E-state index is 13.4. The van der Waals surface area contributed by atoms with Gasteiger partial charge in [-0.15, -0.1) is 0 Å². The molecule has 4 nitrogen and oxygen atoms in total. The molecular formula is C15H23FN2O2S. The molecule has 2 atom stereocenters. The number of hydrogen-bond donors (Lipinski definition) is 1. The summed E-state index contributed by atoms with van der Waals surface area (Å²) in [6.07, 6.45) is 0.728. The van der Waals surface area contributed by atoms with Crippen molar-refractivity contribution < 1.29 is 12.8 Å². The molecular weight excluding hydrogens is 291 g/mol. The van der Waals surface area contributed by atoms with Crippen LogP contribution < -0.4 is 10.2 Å². The average molecular weight is 314 g/mol. The highest BCUT2D eigenvalue weighted by Crippen LogP contribution is 2.26. The van der Waals surface area contributed by atoms with Crippen LogP contribution in [0.15, 0.2) is 18.2 Å². The first-order valence-corrected chi connectivity index (χ1v) is 9.01. The Labute approximate surface area is 126 Å². The second-order valence-corrected chi connectivity index (χ2v) is 8.23. The Kier molecular flexibility index (Phi) is 4.88. The normalized spacial score (nSPS) is 22.2. The zero-order chi connectivity index (χ0) is 15.6. The zero-order valence-electron chi connectivity index (χ0n) is 12.8. The number of nitrogens with zero attached hydrogens (tertiary/aromatic N) is 1. The molecule has 2 rings (SSSR count). The van der Waals surface area contributed by atoms with Crippen molar-refractivity contribution in [2.24, 2.45) is 5.92 Å². The van der Waals surface area contributed by atoms with Gasteiger partial charge in [-0.3, -0.25) is 0 Å². The molecule has 1 aromatic carbocycles. The topological polar surface area (TPSA) is 49.4 Å². The second-order valence-electron chi connectivity index (χ2n) is 6.00. The average Bonchev–Trinajstić information content (AvgIpc) is 2.75. The smallest absolute Gasteiger partial charge is 0.150 e. The van der Waals surface area contributed by atoms with E-state index in [-0.39, 0.29) is 23.5 Å². The molecule has 0 amide bonds. The van der Waals surface area contributed by atoms with Gasteiger partial charge in [-0.25, -0.2) is 12.8 Å². The predicted molar refractivity (Wildman–Crippen MR) is 83.9 cm³/mol. The van der Waals surface area contributed by atoms with E-state index in [1.807, 2.05) is 25.9 Å². The minimum Gasteiger partial charge on any atom is -0.377 e. The van der Waals surface area contributed by atoms with E-state index < -0.39 is 9.84 Å². The summed E-state index contributed by atoms with van der Waals surface area (Å²) in [6.45, 7) is 2.69. The largest absolute Gasteiger partial charge is 0.377 e. The van der Waals surface area contributed by atoms with E-state index in [0.29, 0.717) is 12.3 Å². The molecule has 0 radical (unpaired) electrons. The third-order valence-electron chi connectivity index (χ3n) is 3.98. The van der Waals surface area contributed by atoms with Crippen LogP contribution in [0, 0.1) is 11.7 Å². The minimum atomic E-state index is -2.83. The van der Waals surface area contributed by atoms with Crippen LogP contribution in [-0.4, -0.2) is 40.6 Å². The van der Waals surface area contributed by atoms with E-state index in [4.69, 9.17) is 0 Å². The van der Waals surface area contributed by atoms with Crippen molar-refractivity contribution in [2.45, 2.75) is 19.4 Å². The van der Waals surface area contributed by atoms with Gasteiger partial charge in [0.05, 0.1) is 11.5 Å². The molecule has 21 heavy (non-hydrogen) atoms. The van der Waals surface area contributed by atoms with Crippen molar-refractivity contribution in [1.82, 2.24) is 5.32 Å². The molecule has 2 unspecified atom stereocenters. The summed E-state index contributed by atoms with van der Waals surface area (Å²) in [5.41, 5.74) is 1.86. The monoisotopic (exact) mass is 314 g/mol. The molecule has 118 valence electrons. The molecule has 0 aromatic heterocycles. The highest BCUT2D eigenvalue weighted by molar-refractivity contribution is 7.91. The van der Waals surface area contributed by atoms with Crippen LogP contribution in [-0.2, 0) is 9.84 Å². The Bertz CT molecular complexity index is 602. The fourth-order valence-electron chi connectivity index (χ4n) is 2.76. The van der Waals surface area contributed by atoms with Crippen molar-refractivity contribution in [3.63, 3.8) is 0 Å². The molecule has 1 heterocycles. The fraction of sp³-hybridized carbons (Fsp3) is 0.600. The summed E-state index contributed by atoms with van der Waals surface area (Å²) in [6, 6.07) is 4.81. The summed E-state index contributed by atoms with van der Waals surface area (Å²) < 4.78 is 36.3. The molecule has 0 spiro atoms. The number of nitrogens with one attached hydrogen (secondary N) is 1. The first kappa shape index (κ1) is 16.2. The third-order valence-corrected chi connectivity index (χ3v) is 5.82. The van der Waals surface area contributed by atoms with Crippen molar-refractivity contribution >= 4 is 15.5 Å². The molecule has 6 heteroatoms. The predicted octanol–water partition coefficient (Wildman–Crippen LogP) is 1.98. The van der Waals surface area contributed by atoms with Crippen LogP contribution in [0.3, 0.4) is 0 Å². The minimum absolute atomic E-state index is 0.0475. The fourth-order valence-corrected chi connectivity index (χ4v) is 4.62. The summed E-state index contributed by atoms with van der Waals surface area (Å²) in [4.78, 5) is 1.89. The van der Waals surface area contributed by atoms with Gasteiger partial charge in [-0.05, 0) is 43.5 Å². The van der Waals surface area contributed by atoms with E-state index in [2.05, 4.69) is 5.32 Å². The van der Waals surface area contributed by atoms with Gasteiger partial charge in [0.1, 0.15) is 5.82 Å². The van der Waals surface area contributed by atoms with Crippen LogP contribution >= 0.6 is 0 Å². The lowest BCUT2D eigenvalue weighted by Gasteiger charge is -2.23. The highest BCUT2D eigenvalue weighted by Gasteiger charge is 2.28. The Balaban J connectivity index is 2.02. The lowest BCUT2D eigenvalue weighted by atomic mass is 10.0. The van der Waals surface area contributed by atoms with Crippen LogP contribution in [0.1, 0.15) is 24.9 Å². The van der Waals surface area contributed by atoms with Crippen LogP contribution in [0.2, 0.25) is 0 Å². The Hall–Kier alpha value is -1.14. The molecule has 1 saturated heterocycles. The number of sulfone groups is 1. The van der Waals surface area contributed by atoms with Crippen LogP contribution in [0.5, 0.6) is 0 Å². The van der Waals surface area contributed by atoms with E-state index >= 15 is 0 Å². The zero-order valence-corrected chi connectivity index (χ0v) is 13.6. The molecule has 1 aliphatic rings. The number of halogens is 1. The van der Waals surface area contributed by atoms with Crippen molar-refractivity contribution in [3.8, 4) is 0 Å². The molecule has 0 aliphatic carbocycles. The second kappa shape index (κ2) is 6.32. The molecule has 0 saturated carbocycles. The van der Waals surface area contributed by atoms with Crippen molar-refractivity contribution in [3.05, 3.63) is 29.6 Å². The molecule has 1 aliphatic heterocycles. The lowest BCUT2D eigenvalue weighted by Crippen LogP contribution is -2.27. The summed E-state index contributed by atoms with van der Waals surface area (Å²) >= 11 is 0. The maximum atomic E-state index is 13.4. The van der Waals surface area contributed by atoms with E-state index in [1.54, 1.807) is 6.07 Å². The van der Waals surface area contributed by atoms with Gasteiger partial charge >= 0.3 is 0 Å². The van der Waals surface area contributed by atoms with Gasteiger partial charge in [-0.2, -0.15) is 0 Å². The molecule has 1 aromatic rings. The number of benzene rings is 1. The molecule has 0 bridgehead atoms. The van der Waals surface area contributed by atoms with E-state index in [1.165, 1.54) is 12.1 Å². The Morgan fingerprint density at radius 2 is 2.14 bits per heavy atom. The van der Waals surface area contributed by atoms with E-state index in [9.17, 15) is 12.8 Å². The van der Waals surface area contributed by atoms with Gasteiger partial charge < -0.3 is 10.2 Å². The van der Waals surface area contributed by atoms with Gasteiger partial charge in [0.2, 0.25) is 0 Å². The van der Waals surface area contributed by atoms with Crippen LogP contribution in [0.4, 0.5) is 10.1 Å². The SMILES string of the molecule is CC(NCC1CCS(=O)(=O)C1)c1ccc(F)cc1N(C)C. The number of rotatable bonds is 5. The Morgan fingerprint density at radius 3 is 2.71 bits per heavy atom. The first-order valence-electron chi connectivity index (χ1n) is 7.19. The highest BCUT2D eigenvalue weighted by atomic mass is 32.2. The number of anilines is 1. The summed E-state index contributed by atoms with van der Waals surface area (Å²) in [7, 11) is 0.934. The van der Waals surface area contributed by atoms with Gasteiger partial charge in [0, 0.05) is 25.8 Å². The quantitative estimate of drug-likeness (QED) is 0.903.